The van der Waals surface area contributed by atoms with Gasteiger partial charge in [0.05, 0.1) is 6.10 Å². The molecule has 2 nitrogen and oxygen atoms in total. The number of nitrogens with one attached hydrogen (secondary N) is 1. The summed E-state index contributed by atoms with van der Waals surface area (Å²) in [4.78, 5) is 0. The van der Waals surface area contributed by atoms with E-state index in [9.17, 15) is 5.11 Å². The number of hydrogen-bond donors (Lipinski definition) is 2. The fourth-order valence-electron chi connectivity index (χ4n) is 2.82. The van der Waals surface area contributed by atoms with Gasteiger partial charge in [0.1, 0.15) is 0 Å². The molecule has 1 saturated carbocycles. The third kappa shape index (κ3) is 3.08. The van der Waals surface area contributed by atoms with Crippen molar-refractivity contribution in [3.63, 3.8) is 0 Å². The zero-order valence-electron chi connectivity index (χ0n) is 10.7. The first-order valence-electron chi connectivity index (χ1n) is 6.72. The van der Waals surface area contributed by atoms with Crippen LogP contribution in [-0.2, 0) is 5.54 Å². The Balaban J connectivity index is 2.17. The summed E-state index contributed by atoms with van der Waals surface area (Å²) in [5.74, 6) is 0. The van der Waals surface area contributed by atoms with E-state index in [1.807, 2.05) is 6.92 Å². The van der Waals surface area contributed by atoms with Crippen molar-refractivity contribution in [2.45, 2.75) is 50.7 Å². The Kier molecular flexibility index (Phi) is 4.19. The largest absolute Gasteiger partial charge is 0.392 e. The van der Waals surface area contributed by atoms with Crippen LogP contribution in [0.4, 0.5) is 0 Å². The maximum atomic E-state index is 9.48. The van der Waals surface area contributed by atoms with Crippen LogP contribution in [0.5, 0.6) is 0 Å². The van der Waals surface area contributed by atoms with E-state index in [-0.39, 0.29) is 11.6 Å². The summed E-state index contributed by atoms with van der Waals surface area (Å²) in [7, 11) is 0. The van der Waals surface area contributed by atoms with Gasteiger partial charge in [0.25, 0.3) is 0 Å². The maximum absolute atomic E-state index is 9.48. The highest BCUT2D eigenvalue weighted by atomic mass is 16.3. The normalized spacial score (nSPS) is 21.1. The van der Waals surface area contributed by atoms with Crippen molar-refractivity contribution in [3.05, 3.63) is 35.9 Å². The number of benzene rings is 1. The van der Waals surface area contributed by atoms with Crippen LogP contribution in [0, 0.1) is 0 Å². The Labute approximate surface area is 104 Å². The second-order valence-corrected chi connectivity index (χ2v) is 5.24. The number of hydrogen-bond acceptors (Lipinski definition) is 2. The van der Waals surface area contributed by atoms with Crippen molar-refractivity contribution in [2.24, 2.45) is 0 Å². The average Bonchev–Trinajstić information content (AvgIpc) is 2.39. The van der Waals surface area contributed by atoms with Gasteiger partial charge in [-0.2, -0.15) is 0 Å². The van der Waals surface area contributed by atoms with E-state index >= 15 is 0 Å². The Bertz CT molecular complexity index is 328. The molecule has 1 aliphatic carbocycles. The molecule has 0 unspecified atom stereocenters. The average molecular weight is 233 g/mol. The lowest BCUT2D eigenvalue weighted by Crippen LogP contribution is -2.46. The summed E-state index contributed by atoms with van der Waals surface area (Å²) >= 11 is 0. The van der Waals surface area contributed by atoms with E-state index < -0.39 is 0 Å². The number of rotatable bonds is 4. The van der Waals surface area contributed by atoms with Gasteiger partial charge < -0.3 is 10.4 Å². The van der Waals surface area contributed by atoms with Crippen molar-refractivity contribution in [2.75, 3.05) is 6.54 Å². The van der Waals surface area contributed by atoms with E-state index in [0.717, 1.165) is 0 Å². The highest BCUT2D eigenvalue weighted by molar-refractivity contribution is 5.25. The first kappa shape index (κ1) is 12.6. The van der Waals surface area contributed by atoms with Crippen molar-refractivity contribution in [1.29, 1.82) is 0 Å². The van der Waals surface area contributed by atoms with E-state index in [1.54, 1.807) is 0 Å². The minimum absolute atomic E-state index is 0.0938. The van der Waals surface area contributed by atoms with Crippen LogP contribution in [0.15, 0.2) is 30.3 Å². The van der Waals surface area contributed by atoms with Gasteiger partial charge in [-0.25, -0.2) is 0 Å². The van der Waals surface area contributed by atoms with Crippen LogP contribution < -0.4 is 5.32 Å². The van der Waals surface area contributed by atoms with Gasteiger partial charge in [-0.1, -0.05) is 49.6 Å². The zero-order chi connectivity index (χ0) is 12.1. The molecule has 17 heavy (non-hydrogen) atoms. The molecule has 1 fully saturated rings. The molecule has 2 heteroatoms. The molecule has 0 heterocycles. The molecule has 0 bridgehead atoms. The van der Waals surface area contributed by atoms with Crippen LogP contribution >= 0.6 is 0 Å². The SMILES string of the molecule is C[C@@H](O)CNC1(c2ccccc2)CCCCC1. The van der Waals surface area contributed by atoms with Crippen LogP contribution in [0.2, 0.25) is 0 Å². The molecule has 2 rings (SSSR count). The van der Waals surface area contributed by atoms with Crippen molar-refractivity contribution in [3.8, 4) is 0 Å². The second kappa shape index (κ2) is 5.65. The Hall–Kier alpha value is -0.860. The molecular weight excluding hydrogens is 210 g/mol. The van der Waals surface area contributed by atoms with Gasteiger partial charge in [0.2, 0.25) is 0 Å². The molecule has 0 aromatic heterocycles. The van der Waals surface area contributed by atoms with Gasteiger partial charge in [0, 0.05) is 12.1 Å². The lowest BCUT2D eigenvalue weighted by molar-refractivity contribution is 0.152. The first-order chi connectivity index (χ1) is 8.23. The van der Waals surface area contributed by atoms with Crippen molar-refractivity contribution in [1.82, 2.24) is 5.32 Å². The molecule has 0 radical (unpaired) electrons. The monoisotopic (exact) mass is 233 g/mol. The van der Waals surface area contributed by atoms with Gasteiger partial charge in [0.15, 0.2) is 0 Å². The van der Waals surface area contributed by atoms with E-state index in [4.69, 9.17) is 0 Å². The molecular formula is C15H23NO. The third-order valence-electron chi connectivity index (χ3n) is 3.77. The van der Waals surface area contributed by atoms with Gasteiger partial charge in [-0.05, 0) is 25.3 Å². The standard InChI is InChI=1S/C15H23NO/c1-13(17)12-16-15(10-6-3-7-11-15)14-8-4-2-5-9-14/h2,4-5,8-9,13,16-17H,3,6-7,10-12H2,1H3/t13-/m1/s1. The predicted molar refractivity (Wildman–Crippen MR) is 70.9 cm³/mol. The highest BCUT2D eigenvalue weighted by Crippen LogP contribution is 2.36. The first-order valence-corrected chi connectivity index (χ1v) is 6.72. The van der Waals surface area contributed by atoms with Crippen LogP contribution in [0.1, 0.15) is 44.6 Å². The molecule has 1 aliphatic rings. The van der Waals surface area contributed by atoms with E-state index in [1.165, 1.54) is 37.7 Å². The van der Waals surface area contributed by atoms with Crippen molar-refractivity contribution < 1.29 is 5.11 Å². The Morgan fingerprint density at radius 1 is 1.18 bits per heavy atom. The van der Waals surface area contributed by atoms with Crippen LogP contribution in [-0.4, -0.2) is 17.8 Å². The molecule has 2 N–H and O–H groups in total. The van der Waals surface area contributed by atoms with E-state index in [2.05, 4.69) is 35.6 Å². The molecule has 1 aromatic carbocycles. The van der Waals surface area contributed by atoms with E-state index in [0.29, 0.717) is 6.54 Å². The molecule has 1 atom stereocenters. The maximum Gasteiger partial charge on any atom is 0.0636 e. The number of aliphatic hydroxyl groups excluding tert-OH is 1. The molecule has 0 saturated heterocycles. The van der Waals surface area contributed by atoms with Crippen molar-refractivity contribution >= 4 is 0 Å². The summed E-state index contributed by atoms with van der Waals surface area (Å²) in [5, 5.41) is 13.1. The zero-order valence-corrected chi connectivity index (χ0v) is 10.7. The third-order valence-corrected chi connectivity index (χ3v) is 3.77. The molecule has 94 valence electrons. The predicted octanol–water partition coefficient (Wildman–Crippen LogP) is 2.82. The van der Waals surface area contributed by atoms with Gasteiger partial charge in [-0.15, -0.1) is 0 Å². The molecule has 0 amide bonds. The molecule has 0 spiro atoms. The summed E-state index contributed by atoms with van der Waals surface area (Å²) in [6.07, 6.45) is 5.99. The smallest absolute Gasteiger partial charge is 0.0636 e. The fourth-order valence-corrected chi connectivity index (χ4v) is 2.82. The Morgan fingerprint density at radius 2 is 1.82 bits per heavy atom. The van der Waals surface area contributed by atoms with Gasteiger partial charge >= 0.3 is 0 Å². The fraction of sp³-hybridized carbons (Fsp3) is 0.600. The summed E-state index contributed by atoms with van der Waals surface area (Å²) < 4.78 is 0. The lowest BCUT2D eigenvalue weighted by Gasteiger charge is -2.39. The summed E-state index contributed by atoms with van der Waals surface area (Å²) in [6.45, 7) is 2.52. The summed E-state index contributed by atoms with van der Waals surface area (Å²) in [5.41, 5.74) is 1.47. The Morgan fingerprint density at radius 3 is 2.41 bits per heavy atom. The lowest BCUT2D eigenvalue weighted by atomic mass is 9.76. The minimum Gasteiger partial charge on any atom is -0.392 e. The number of aliphatic hydroxyl groups is 1. The highest BCUT2D eigenvalue weighted by Gasteiger charge is 2.33. The van der Waals surface area contributed by atoms with Gasteiger partial charge in [-0.3, -0.25) is 0 Å². The topological polar surface area (TPSA) is 32.3 Å². The van der Waals surface area contributed by atoms with Crippen LogP contribution in [0.3, 0.4) is 0 Å². The van der Waals surface area contributed by atoms with Crippen LogP contribution in [0.25, 0.3) is 0 Å². The molecule has 0 aliphatic heterocycles. The quantitative estimate of drug-likeness (QED) is 0.838. The summed E-state index contributed by atoms with van der Waals surface area (Å²) in [6, 6.07) is 10.7. The second-order valence-electron chi connectivity index (χ2n) is 5.24. The molecule has 1 aromatic rings. The minimum atomic E-state index is -0.280.